The highest BCUT2D eigenvalue weighted by Gasteiger charge is 2.14. The van der Waals surface area contributed by atoms with Crippen LogP contribution in [0, 0.1) is 5.92 Å². The molecule has 0 aliphatic carbocycles. The molecule has 0 fully saturated rings. The van der Waals surface area contributed by atoms with E-state index in [4.69, 9.17) is 19.3 Å². The summed E-state index contributed by atoms with van der Waals surface area (Å²) < 4.78 is 24.8. The first kappa shape index (κ1) is 22.5. The Kier molecular flexibility index (Phi) is 12.1. The fourth-order valence-electron chi connectivity index (χ4n) is 1.92. The highest BCUT2D eigenvalue weighted by Crippen LogP contribution is 2.35. The molecule has 0 aliphatic rings. The van der Waals surface area contributed by atoms with Crippen molar-refractivity contribution in [2.24, 2.45) is 5.92 Å². The van der Waals surface area contributed by atoms with E-state index in [0.29, 0.717) is 25.7 Å². The Bertz CT molecular complexity index is 430. The molecule has 24 heavy (non-hydrogen) atoms. The van der Waals surface area contributed by atoms with E-state index in [1.165, 1.54) is 0 Å². The highest BCUT2D eigenvalue weighted by atomic mass is 31.2. The summed E-state index contributed by atoms with van der Waals surface area (Å²) in [5.74, 6) is -0.862. The van der Waals surface area contributed by atoms with Crippen molar-refractivity contribution in [3.8, 4) is 0 Å². The maximum absolute atomic E-state index is 11.0. The van der Waals surface area contributed by atoms with Gasteiger partial charge in [-0.1, -0.05) is 26.0 Å². The maximum Gasteiger partial charge on any atom is 0.469 e. The summed E-state index contributed by atoms with van der Waals surface area (Å²) >= 11 is 0. The molecule has 0 aromatic rings. The van der Waals surface area contributed by atoms with Crippen LogP contribution in [0.5, 0.6) is 0 Å². The lowest BCUT2D eigenvalue weighted by Crippen LogP contribution is -2.12. The average Bonchev–Trinajstić information content (AvgIpc) is 2.52. The van der Waals surface area contributed by atoms with Gasteiger partial charge in [0.1, 0.15) is 0 Å². The van der Waals surface area contributed by atoms with Crippen LogP contribution in [0.2, 0.25) is 0 Å². The molecule has 0 atom stereocenters. The van der Waals surface area contributed by atoms with Crippen LogP contribution in [0.3, 0.4) is 0 Å². The Morgan fingerprint density at radius 2 is 1.42 bits per heavy atom. The van der Waals surface area contributed by atoms with Gasteiger partial charge < -0.3 is 19.3 Å². The van der Waals surface area contributed by atoms with Gasteiger partial charge in [0, 0.05) is 12.2 Å². The van der Waals surface area contributed by atoms with Gasteiger partial charge in [0.2, 0.25) is 0 Å². The standard InChI is InChI=1S/C15H25O8P/c1-3-14(16)21-11-8-13(9-12-22-15(17)4-2)7-5-6-10-23-24(18,19)20/h3-4,13H,1-2,5-12H2,(H2,18,19,20). The summed E-state index contributed by atoms with van der Waals surface area (Å²) in [4.78, 5) is 39.2. The van der Waals surface area contributed by atoms with Crippen molar-refractivity contribution in [1.29, 1.82) is 0 Å². The summed E-state index contributed by atoms with van der Waals surface area (Å²) in [6.45, 7) is 7.03. The van der Waals surface area contributed by atoms with E-state index in [1.54, 1.807) is 0 Å². The lowest BCUT2D eigenvalue weighted by molar-refractivity contribution is -0.138. The van der Waals surface area contributed by atoms with Gasteiger partial charge in [-0.15, -0.1) is 0 Å². The Morgan fingerprint density at radius 3 is 1.83 bits per heavy atom. The number of carbonyl (C=O) groups excluding carboxylic acids is 2. The Morgan fingerprint density at radius 1 is 0.917 bits per heavy atom. The van der Waals surface area contributed by atoms with Gasteiger partial charge in [-0.25, -0.2) is 14.2 Å². The minimum absolute atomic E-state index is 0.0338. The Hall–Kier alpha value is -1.47. The number of unbranched alkanes of at least 4 members (excludes halogenated alkanes) is 1. The van der Waals surface area contributed by atoms with Gasteiger partial charge in [0.15, 0.2) is 0 Å². The minimum Gasteiger partial charge on any atom is -0.463 e. The molecule has 9 heteroatoms. The number of rotatable bonds is 14. The van der Waals surface area contributed by atoms with Crippen LogP contribution >= 0.6 is 7.82 Å². The smallest absolute Gasteiger partial charge is 0.463 e. The van der Waals surface area contributed by atoms with E-state index in [2.05, 4.69) is 17.7 Å². The number of esters is 2. The van der Waals surface area contributed by atoms with Crippen LogP contribution in [0.4, 0.5) is 0 Å². The van der Waals surface area contributed by atoms with Crippen molar-refractivity contribution in [3.05, 3.63) is 25.3 Å². The largest absolute Gasteiger partial charge is 0.469 e. The van der Waals surface area contributed by atoms with E-state index in [-0.39, 0.29) is 25.7 Å². The van der Waals surface area contributed by atoms with Crippen LogP contribution in [0.25, 0.3) is 0 Å². The molecule has 0 amide bonds. The molecule has 8 nitrogen and oxygen atoms in total. The number of carbonyl (C=O) groups is 2. The van der Waals surface area contributed by atoms with Crippen molar-refractivity contribution in [3.63, 3.8) is 0 Å². The quantitative estimate of drug-likeness (QED) is 0.208. The molecule has 0 bridgehead atoms. The van der Waals surface area contributed by atoms with E-state index in [1.807, 2.05) is 0 Å². The summed E-state index contributed by atoms with van der Waals surface area (Å²) in [5, 5.41) is 0. The second-order valence-corrected chi connectivity index (χ2v) is 6.25. The first-order chi connectivity index (χ1) is 11.3. The molecule has 0 spiro atoms. The third-order valence-electron chi connectivity index (χ3n) is 3.14. The lowest BCUT2D eigenvalue weighted by atomic mass is 9.95. The Labute approximate surface area is 141 Å². The number of hydrogen-bond donors (Lipinski definition) is 2. The second kappa shape index (κ2) is 12.9. The highest BCUT2D eigenvalue weighted by molar-refractivity contribution is 7.46. The van der Waals surface area contributed by atoms with Crippen molar-refractivity contribution in [2.45, 2.75) is 32.1 Å². The number of phosphoric acid groups is 1. The monoisotopic (exact) mass is 364 g/mol. The topological polar surface area (TPSA) is 119 Å². The minimum atomic E-state index is -4.43. The molecule has 0 aromatic carbocycles. The Balaban J connectivity index is 4.12. The van der Waals surface area contributed by atoms with E-state index >= 15 is 0 Å². The first-order valence-corrected chi connectivity index (χ1v) is 9.10. The molecule has 0 aliphatic heterocycles. The zero-order valence-corrected chi connectivity index (χ0v) is 14.5. The third-order valence-corrected chi connectivity index (χ3v) is 3.66. The van der Waals surface area contributed by atoms with Crippen LogP contribution in [-0.2, 0) is 28.2 Å². The van der Waals surface area contributed by atoms with E-state index in [0.717, 1.165) is 18.6 Å². The predicted octanol–water partition coefficient (Wildman–Crippen LogP) is 2.12. The molecule has 138 valence electrons. The van der Waals surface area contributed by atoms with E-state index < -0.39 is 19.8 Å². The van der Waals surface area contributed by atoms with Gasteiger partial charge in [-0.3, -0.25) is 4.52 Å². The molecule has 0 aromatic heterocycles. The van der Waals surface area contributed by atoms with Crippen LogP contribution in [0.1, 0.15) is 32.1 Å². The normalized spacial score (nSPS) is 11.1. The average molecular weight is 364 g/mol. The van der Waals surface area contributed by atoms with Crippen LogP contribution < -0.4 is 0 Å². The molecular formula is C15H25O8P. The molecule has 0 radical (unpaired) electrons. The fraction of sp³-hybridized carbons (Fsp3) is 0.600. The summed E-state index contributed by atoms with van der Waals surface area (Å²) in [7, 11) is -4.43. The zero-order valence-electron chi connectivity index (χ0n) is 13.6. The van der Waals surface area contributed by atoms with Crippen LogP contribution in [0.15, 0.2) is 25.3 Å². The zero-order chi connectivity index (χ0) is 18.4. The van der Waals surface area contributed by atoms with Crippen molar-refractivity contribution >= 4 is 19.8 Å². The molecule has 0 saturated carbocycles. The number of ether oxygens (including phenoxy) is 2. The maximum atomic E-state index is 11.0. The van der Waals surface area contributed by atoms with Gasteiger partial charge >= 0.3 is 19.8 Å². The summed E-state index contributed by atoms with van der Waals surface area (Å²) in [6, 6.07) is 0. The third kappa shape index (κ3) is 14.1. The summed E-state index contributed by atoms with van der Waals surface area (Å²) in [6.07, 6.45) is 5.23. The van der Waals surface area contributed by atoms with Gasteiger partial charge in [-0.2, -0.15) is 0 Å². The molecule has 0 unspecified atom stereocenters. The SMILES string of the molecule is C=CC(=O)OCCC(CCCCOP(=O)(O)O)CCOC(=O)C=C. The van der Waals surface area contributed by atoms with E-state index in [9.17, 15) is 14.2 Å². The van der Waals surface area contributed by atoms with Gasteiger partial charge in [-0.05, 0) is 25.2 Å². The van der Waals surface area contributed by atoms with Crippen LogP contribution in [-0.4, -0.2) is 41.5 Å². The molecule has 2 N–H and O–H groups in total. The summed E-state index contributed by atoms with van der Waals surface area (Å²) in [5.41, 5.74) is 0. The molecule has 0 heterocycles. The molecule has 0 rings (SSSR count). The van der Waals surface area contributed by atoms with Gasteiger partial charge in [0.25, 0.3) is 0 Å². The van der Waals surface area contributed by atoms with Crippen molar-refractivity contribution in [1.82, 2.24) is 0 Å². The number of hydrogen-bond acceptors (Lipinski definition) is 6. The predicted molar refractivity (Wildman–Crippen MR) is 86.9 cm³/mol. The second-order valence-electron chi connectivity index (χ2n) is 5.01. The molecular weight excluding hydrogens is 339 g/mol. The first-order valence-electron chi connectivity index (χ1n) is 7.57. The van der Waals surface area contributed by atoms with Gasteiger partial charge in [0.05, 0.1) is 19.8 Å². The fourth-order valence-corrected chi connectivity index (χ4v) is 2.29. The van der Waals surface area contributed by atoms with Crippen molar-refractivity contribution < 1.29 is 37.9 Å². The number of phosphoric ester groups is 1. The lowest BCUT2D eigenvalue weighted by Gasteiger charge is -2.16. The van der Waals surface area contributed by atoms with Crippen molar-refractivity contribution in [2.75, 3.05) is 19.8 Å². The molecule has 0 saturated heterocycles.